The Morgan fingerprint density at radius 1 is 1.19 bits per heavy atom. The van der Waals surface area contributed by atoms with Crippen LogP contribution in [0, 0.1) is 10.1 Å². The minimum Gasteiger partial charge on any atom is -0.497 e. The molecule has 0 spiro atoms. The molecule has 0 heterocycles. The first-order valence-corrected chi connectivity index (χ1v) is 7.97. The zero-order chi connectivity index (χ0) is 19.8. The van der Waals surface area contributed by atoms with Gasteiger partial charge in [0, 0.05) is 30.0 Å². The van der Waals surface area contributed by atoms with E-state index in [2.05, 4.69) is 5.32 Å². The molecule has 0 unspecified atom stereocenters. The highest BCUT2D eigenvalue weighted by atomic mass is 16.6. The molecule has 0 aliphatic carbocycles. The standard InChI is InChI=1S/C19H18N2O6/c1-13(19(23)20-15-6-4-8-17(12-15)26-2)27-18(22)10-9-14-5-3-7-16(11-14)21(24)25/h3-13H,1-2H3,(H,20,23)/b10-9+/t13-/m0/s1. The molecule has 2 rings (SSSR count). The molecule has 0 fully saturated rings. The monoisotopic (exact) mass is 370 g/mol. The minimum atomic E-state index is -1.03. The Labute approximate surface area is 155 Å². The Morgan fingerprint density at radius 3 is 2.63 bits per heavy atom. The van der Waals surface area contributed by atoms with E-state index in [9.17, 15) is 19.7 Å². The average Bonchev–Trinajstić information content (AvgIpc) is 2.66. The molecule has 8 nitrogen and oxygen atoms in total. The van der Waals surface area contributed by atoms with Crippen molar-refractivity contribution < 1.29 is 24.0 Å². The molecule has 1 amide bonds. The molecule has 0 aliphatic heterocycles. The predicted molar refractivity (Wildman–Crippen MR) is 99.3 cm³/mol. The predicted octanol–water partition coefficient (Wildman–Crippen LogP) is 3.19. The smallest absolute Gasteiger partial charge is 0.331 e. The number of amides is 1. The molecule has 2 aromatic rings. The van der Waals surface area contributed by atoms with Gasteiger partial charge in [-0.15, -0.1) is 0 Å². The van der Waals surface area contributed by atoms with E-state index in [0.29, 0.717) is 17.0 Å². The first-order chi connectivity index (χ1) is 12.9. The number of carbonyl (C=O) groups is 2. The van der Waals surface area contributed by atoms with Crippen LogP contribution in [0.15, 0.2) is 54.6 Å². The van der Waals surface area contributed by atoms with Gasteiger partial charge in [0.15, 0.2) is 6.10 Å². The number of methoxy groups -OCH3 is 1. The molecule has 1 N–H and O–H groups in total. The third-order valence-electron chi connectivity index (χ3n) is 3.49. The third kappa shape index (κ3) is 5.96. The number of esters is 1. The van der Waals surface area contributed by atoms with Crippen molar-refractivity contribution in [1.82, 2.24) is 0 Å². The number of rotatable bonds is 7. The van der Waals surface area contributed by atoms with Gasteiger partial charge in [0.25, 0.3) is 11.6 Å². The number of nitro groups is 1. The second-order valence-corrected chi connectivity index (χ2v) is 5.49. The van der Waals surface area contributed by atoms with Crippen molar-refractivity contribution in [3.05, 3.63) is 70.3 Å². The van der Waals surface area contributed by atoms with E-state index in [1.54, 1.807) is 30.3 Å². The van der Waals surface area contributed by atoms with Gasteiger partial charge in [-0.05, 0) is 30.7 Å². The summed E-state index contributed by atoms with van der Waals surface area (Å²) in [5.74, 6) is -0.660. The number of hydrogen-bond donors (Lipinski definition) is 1. The first-order valence-electron chi connectivity index (χ1n) is 7.97. The van der Waals surface area contributed by atoms with Crippen LogP contribution in [-0.4, -0.2) is 30.0 Å². The number of nitro benzene ring substituents is 1. The summed E-state index contributed by atoms with van der Waals surface area (Å²) in [4.78, 5) is 34.2. The number of non-ortho nitro benzene ring substituents is 1. The van der Waals surface area contributed by atoms with E-state index in [1.807, 2.05) is 0 Å². The summed E-state index contributed by atoms with van der Waals surface area (Å²) in [6.45, 7) is 1.44. The van der Waals surface area contributed by atoms with Gasteiger partial charge in [0.2, 0.25) is 0 Å². The SMILES string of the molecule is COc1cccc(NC(=O)[C@H](C)OC(=O)/C=C/c2cccc([N+](=O)[O-])c2)c1. The minimum absolute atomic E-state index is 0.0865. The van der Waals surface area contributed by atoms with Crippen LogP contribution in [0.1, 0.15) is 12.5 Å². The highest BCUT2D eigenvalue weighted by molar-refractivity contribution is 5.96. The average molecular weight is 370 g/mol. The summed E-state index contributed by atoms with van der Waals surface area (Å²) < 4.78 is 10.1. The van der Waals surface area contributed by atoms with Crippen molar-refractivity contribution in [1.29, 1.82) is 0 Å². The topological polar surface area (TPSA) is 108 Å². The number of benzene rings is 2. The van der Waals surface area contributed by atoms with Crippen molar-refractivity contribution in [3.8, 4) is 5.75 Å². The summed E-state index contributed by atoms with van der Waals surface area (Å²) in [5.41, 5.74) is 0.889. The molecule has 0 saturated heterocycles. The summed E-state index contributed by atoms with van der Waals surface area (Å²) in [7, 11) is 1.51. The lowest BCUT2D eigenvalue weighted by molar-refractivity contribution is -0.384. The fourth-order valence-corrected chi connectivity index (χ4v) is 2.12. The molecule has 1 atom stereocenters. The van der Waals surface area contributed by atoms with Crippen LogP contribution in [0.5, 0.6) is 5.75 Å². The van der Waals surface area contributed by atoms with Gasteiger partial charge in [0.05, 0.1) is 12.0 Å². The maximum absolute atomic E-state index is 12.1. The molecule has 8 heteroatoms. The van der Waals surface area contributed by atoms with Crippen molar-refractivity contribution in [2.75, 3.05) is 12.4 Å². The highest BCUT2D eigenvalue weighted by Crippen LogP contribution is 2.17. The van der Waals surface area contributed by atoms with Crippen LogP contribution in [-0.2, 0) is 14.3 Å². The molecule has 0 bridgehead atoms. The highest BCUT2D eigenvalue weighted by Gasteiger charge is 2.17. The number of anilines is 1. The Hall–Kier alpha value is -3.68. The summed E-state index contributed by atoms with van der Waals surface area (Å²) in [6.07, 6.45) is 1.45. The van der Waals surface area contributed by atoms with Crippen LogP contribution in [0.2, 0.25) is 0 Å². The first kappa shape index (κ1) is 19.6. The largest absolute Gasteiger partial charge is 0.497 e. The van der Waals surface area contributed by atoms with Gasteiger partial charge in [0.1, 0.15) is 5.75 Å². The number of hydrogen-bond acceptors (Lipinski definition) is 6. The molecule has 0 radical (unpaired) electrons. The molecular weight excluding hydrogens is 352 g/mol. The van der Waals surface area contributed by atoms with E-state index in [1.165, 1.54) is 38.3 Å². The van der Waals surface area contributed by atoms with E-state index in [0.717, 1.165) is 6.08 Å². The second-order valence-electron chi connectivity index (χ2n) is 5.49. The summed E-state index contributed by atoms with van der Waals surface area (Å²) in [6, 6.07) is 12.5. The Kier molecular flexibility index (Phi) is 6.65. The molecule has 2 aromatic carbocycles. The lowest BCUT2D eigenvalue weighted by Gasteiger charge is -2.12. The molecule has 27 heavy (non-hydrogen) atoms. The van der Waals surface area contributed by atoms with E-state index < -0.39 is 22.9 Å². The number of nitrogens with zero attached hydrogens (tertiary/aromatic N) is 1. The van der Waals surface area contributed by atoms with Crippen LogP contribution < -0.4 is 10.1 Å². The number of carbonyl (C=O) groups excluding carboxylic acids is 2. The van der Waals surface area contributed by atoms with Crippen LogP contribution in [0.25, 0.3) is 6.08 Å². The van der Waals surface area contributed by atoms with Gasteiger partial charge >= 0.3 is 5.97 Å². The van der Waals surface area contributed by atoms with Crippen LogP contribution >= 0.6 is 0 Å². The fourth-order valence-electron chi connectivity index (χ4n) is 2.12. The van der Waals surface area contributed by atoms with Crippen LogP contribution in [0.3, 0.4) is 0 Å². The number of nitrogens with one attached hydrogen (secondary N) is 1. The van der Waals surface area contributed by atoms with E-state index in [4.69, 9.17) is 9.47 Å². The molecule has 0 saturated carbocycles. The number of ether oxygens (including phenoxy) is 2. The normalized spacial score (nSPS) is 11.6. The van der Waals surface area contributed by atoms with Crippen LogP contribution in [0.4, 0.5) is 11.4 Å². The van der Waals surface area contributed by atoms with Gasteiger partial charge in [-0.25, -0.2) is 4.79 Å². The zero-order valence-electron chi connectivity index (χ0n) is 14.7. The third-order valence-corrected chi connectivity index (χ3v) is 3.49. The van der Waals surface area contributed by atoms with E-state index in [-0.39, 0.29) is 5.69 Å². The van der Waals surface area contributed by atoms with Gasteiger partial charge in [-0.3, -0.25) is 14.9 Å². The van der Waals surface area contributed by atoms with Gasteiger partial charge in [-0.2, -0.15) is 0 Å². The maximum Gasteiger partial charge on any atom is 0.331 e. The van der Waals surface area contributed by atoms with Gasteiger partial charge in [-0.1, -0.05) is 18.2 Å². The van der Waals surface area contributed by atoms with E-state index >= 15 is 0 Å². The maximum atomic E-state index is 12.1. The lowest BCUT2D eigenvalue weighted by atomic mass is 10.2. The van der Waals surface area contributed by atoms with Crippen molar-refractivity contribution in [3.63, 3.8) is 0 Å². The Morgan fingerprint density at radius 2 is 1.93 bits per heavy atom. The Bertz CT molecular complexity index is 878. The molecule has 0 aromatic heterocycles. The van der Waals surface area contributed by atoms with Crippen molar-refractivity contribution >= 4 is 29.3 Å². The van der Waals surface area contributed by atoms with Crippen molar-refractivity contribution in [2.24, 2.45) is 0 Å². The second kappa shape index (κ2) is 9.14. The lowest BCUT2D eigenvalue weighted by Crippen LogP contribution is -2.29. The molecular formula is C19H18N2O6. The quantitative estimate of drug-likeness (QED) is 0.347. The summed E-state index contributed by atoms with van der Waals surface area (Å²) >= 11 is 0. The fraction of sp³-hybridized carbons (Fsp3) is 0.158. The molecule has 140 valence electrons. The van der Waals surface area contributed by atoms with Crippen molar-refractivity contribution in [2.45, 2.75) is 13.0 Å². The zero-order valence-corrected chi connectivity index (χ0v) is 14.7. The molecule has 0 aliphatic rings. The Balaban J connectivity index is 1.93. The summed E-state index contributed by atoms with van der Waals surface area (Å²) in [5, 5.41) is 13.4. The van der Waals surface area contributed by atoms with Gasteiger partial charge < -0.3 is 14.8 Å².